The highest BCUT2D eigenvalue weighted by molar-refractivity contribution is 5.95. The van der Waals surface area contributed by atoms with Crippen molar-refractivity contribution in [2.45, 2.75) is 71.3 Å². The molecule has 0 amide bonds. The molecule has 4 aliphatic rings. The SMILES string of the molecule is CC(=O)OCC(=O)C1(O)CCC2[C@@H]3CCC4=CC(=O)CC[C@]4(C)C3C(=O)C[C@@]21C. The summed E-state index contributed by atoms with van der Waals surface area (Å²) in [7, 11) is 0. The molecule has 0 heterocycles. The lowest BCUT2D eigenvalue weighted by molar-refractivity contribution is -0.173. The van der Waals surface area contributed by atoms with Crippen molar-refractivity contribution in [1.29, 1.82) is 0 Å². The first kappa shape index (κ1) is 20.5. The third-order valence-corrected chi connectivity index (χ3v) is 8.67. The highest BCUT2D eigenvalue weighted by atomic mass is 16.5. The van der Waals surface area contributed by atoms with Crippen LogP contribution in [-0.2, 0) is 23.9 Å². The lowest BCUT2D eigenvalue weighted by Crippen LogP contribution is -2.61. The quantitative estimate of drug-likeness (QED) is 0.729. The molecule has 0 aliphatic heterocycles. The molecule has 158 valence electrons. The Balaban J connectivity index is 1.66. The van der Waals surface area contributed by atoms with Crippen molar-refractivity contribution in [3.8, 4) is 0 Å². The second kappa shape index (κ2) is 6.59. The molecule has 0 aromatic carbocycles. The number of ether oxygens (including phenoxy) is 1. The van der Waals surface area contributed by atoms with E-state index in [2.05, 4.69) is 6.92 Å². The molecule has 0 radical (unpaired) electrons. The molecule has 4 rings (SSSR count). The van der Waals surface area contributed by atoms with E-state index in [0.717, 1.165) is 18.4 Å². The average Bonchev–Trinajstić information content (AvgIpc) is 2.91. The Labute approximate surface area is 171 Å². The van der Waals surface area contributed by atoms with E-state index in [1.165, 1.54) is 6.92 Å². The highest BCUT2D eigenvalue weighted by Gasteiger charge is 2.68. The largest absolute Gasteiger partial charge is 0.458 e. The fourth-order valence-corrected chi connectivity index (χ4v) is 7.13. The van der Waals surface area contributed by atoms with Gasteiger partial charge in [-0.25, -0.2) is 0 Å². The van der Waals surface area contributed by atoms with Crippen LogP contribution in [0.2, 0.25) is 0 Å². The van der Waals surface area contributed by atoms with Crippen molar-refractivity contribution in [2.75, 3.05) is 6.61 Å². The van der Waals surface area contributed by atoms with Crippen LogP contribution in [0, 0.1) is 28.6 Å². The minimum atomic E-state index is -1.65. The van der Waals surface area contributed by atoms with Crippen LogP contribution >= 0.6 is 0 Å². The van der Waals surface area contributed by atoms with E-state index in [9.17, 15) is 24.3 Å². The third kappa shape index (κ3) is 2.78. The zero-order chi connectivity index (χ0) is 21.2. The second-order valence-electron chi connectivity index (χ2n) is 10.0. The van der Waals surface area contributed by atoms with E-state index in [-0.39, 0.29) is 41.2 Å². The first-order valence-corrected chi connectivity index (χ1v) is 10.7. The minimum Gasteiger partial charge on any atom is -0.458 e. The fraction of sp³-hybridized carbons (Fsp3) is 0.739. The van der Waals surface area contributed by atoms with E-state index in [4.69, 9.17) is 4.74 Å². The van der Waals surface area contributed by atoms with Gasteiger partial charge in [0, 0.05) is 31.1 Å². The minimum absolute atomic E-state index is 0.0625. The van der Waals surface area contributed by atoms with Crippen LogP contribution in [0.15, 0.2) is 11.6 Å². The zero-order valence-corrected chi connectivity index (χ0v) is 17.5. The number of ketones is 3. The fourth-order valence-electron chi connectivity index (χ4n) is 7.13. The lowest BCUT2D eigenvalue weighted by Gasteiger charge is -2.57. The van der Waals surface area contributed by atoms with Crippen LogP contribution in [0.4, 0.5) is 0 Å². The second-order valence-corrected chi connectivity index (χ2v) is 10.0. The van der Waals surface area contributed by atoms with Crippen LogP contribution < -0.4 is 0 Å². The van der Waals surface area contributed by atoms with Gasteiger partial charge < -0.3 is 9.84 Å². The maximum absolute atomic E-state index is 13.5. The molecular weight excluding hydrogens is 372 g/mol. The van der Waals surface area contributed by atoms with Gasteiger partial charge >= 0.3 is 5.97 Å². The summed E-state index contributed by atoms with van der Waals surface area (Å²) in [6.45, 7) is 4.76. The summed E-state index contributed by atoms with van der Waals surface area (Å²) < 4.78 is 4.86. The summed E-state index contributed by atoms with van der Waals surface area (Å²) in [4.78, 5) is 49.4. The van der Waals surface area contributed by atoms with Crippen molar-refractivity contribution in [2.24, 2.45) is 28.6 Å². The predicted octanol–water partition coefficient (Wildman–Crippen LogP) is 2.56. The van der Waals surface area contributed by atoms with Crippen LogP contribution in [0.5, 0.6) is 0 Å². The van der Waals surface area contributed by atoms with Crippen LogP contribution in [0.25, 0.3) is 0 Å². The molecule has 0 bridgehead atoms. The third-order valence-electron chi connectivity index (χ3n) is 8.67. The van der Waals surface area contributed by atoms with E-state index in [1.54, 1.807) is 6.08 Å². The summed E-state index contributed by atoms with van der Waals surface area (Å²) in [6, 6.07) is 0. The molecule has 3 saturated carbocycles. The van der Waals surface area contributed by atoms with Crippen molar-refractivity contribution in [1.82, 2.24) is 0 Å². The molecule has 3 unspecified atom stereocenters. The standard InChI is InChI=1S/C23H30O6/c1-13(24)29-12-19(27)23(28)9-7-17-16-5-4-14-10-15(25)6-8-21(14,2)20(16)18(26)11-22(17,23)3/h10,16-17,20,28H,4-9,11-12H2,1-3H3/t16-,17?,20?,21-,22-,23?/m0/s1. The van der Waals surface area contributed by atoms with E-state index >= 15 is 0 Å². The van der Waals surface area contributed by atoms with Gasteiger partial charge in [0.25, 0.3) is 0 Å². The molecular formula is C23H30O6. The number of allylic oxidation sites excluding steroid dienone is 1. The number of carbonyl (C=O) groups is 4. The van der Waals surface area contributed by atoms with Crippen molar-refractivity contribution in [3.05, 3.63) is 11.6 Å². The highest BCUT2D eigenvalue weighted by Crippen LogP contribution is 2.66. The number of aliphatic hydroxyl groups is 1. The van der Waals surface area contributed by atoms with Gasteiger partial charge in [0.15, 0.2) is 12.4 Å². The Morgan fingerprint density at radius 3 is 2.59 bits per heavy atom. The van der Waals surface area contributed by atoms with Gasteiger partial charge in [-0.1, -0.05) is 19.4 Å². The number of carbonyl (C=O) groups excluding carboxylic acids is 4. The molecule has 0 saturated heterocycles. The van der Waals surface area contributed by atoms with E-state index < -0.39 is 29.4 Å². The monoisotopic (exact) mass is 402 g/mol. The average molecular weight is 402 g/mol. The molecule has 0 aromatic rings. The van der Waals surface area contributed by atoms with Gasteiger partial charge in [-0.15, -0.1) is 0 Å². The Hall–Kier alpha value is -1.82. The van der Waals surface area contributed by atoms with Gasteiger partial charge in [0.05, 0.1) is 0 Å². The van der Waals surface area contributed by atoms with Gasteiger partial charge in [0.2, 0.25) is 5.78 Å². The van der Waals surface area contributed by atoms with Crippen molar-refractivity contribution in [3.63, 3.8) is 0 Å². The number of Topliss-reactive ketones (excluding diaryl/α,β-unsaturated/α-hetero) is 2. The van der Waals surface area contributed by atoms with Crippen LogP contribution in [0.1, 0.15) is 65.7 Å². The first-order chi connectivity index (χ1) is 13.5. The molecule has 1 N–H and O–H groups in total. The van der Waals surface area contributed by atoms with Crippen LogP contribution in [-0.4, -0.2) is 40.6 Å². The van der Waals surface area contributed by atoms with Gasteiger partial charge in [-0.3, -0.25) is 19.2 Å². The van der Waals surface area contributed by atoms with Gasteiger partial charge in [-0.2, -0.15) is 0 Å². The molecule has 0 aromatic heterocycles. The first-order valence-electron chi connectivity index (χ1n) is 10.7. The lowest BCUT2D eigenvalue weighted by atomic mass is 9.46. The van der Waals surface area contributed by atoms with E-state index in [0.29, 0.717) is 25.7 Å². The van der Waals surface area contributed by atoms with E-state index in [1.807, 2.05) is 6.92 Å². The predicted molar refractivity (Wildman–Crippen MR) is 104 cm³/mol. The summed E-state index contributed by atoms with van der Waals surface area (Å²) in [5.74, 6) is -0.811. The Morgan fingerprint density at radius 2 is 1.90 bits per heavy atom. The Kier molecular flexibility index (Phi) is 4.65. The maximum atomic E-state index is 13.5. The molecule has 6 heteroatoms. The molecule has 6 nitrogen and oxygen atoms in total. The summed E-state index contributed by atoms with van der Waals surface area (Å²) in [5.41, 5.74) is -1.68. The number of fused-ring (bicyclic) bond motifs is 5. The Bertz CT molecular complexity index is 827. The number of esters is 1. The maximum Gasteiger partial charge on any atom is 0.303 e. The summed E-state index contributed by atoms with van der Waals surface area (Å²) >= 11 is 0. The molecule has 3 fully saturated rings. The zero-order valence-electron chi connectivity index (χ0n) is 17.5. The molecule has 29 heavy (non-hydrogen) atoms. The van der Waals surface area contributed by atoms with Crippen LogP contribution in [0.3, 0.4) is 0 Å². The number of hydrogen-bond acceptors (Lipinski definition) is 6. The van der Waals surface area contributed by atoms with Crippen molar-refractivity contribution >= 4 is 23.3 Å². The summed E-state index contributed by atoms with van der Waals surface area (Å²) in [5, 5.41) is 11.4. The Morgan fingerprint density at radius 1 is 1.17 bits per heavy atom. The molecule has 0 spiro atoms. The topological polar surface area (TPSA) is 97.7 Å². The van der Waals surface area contributed by atoms with Crippen molar-refractivity contribution < 1.29 is 29.0 Å². The number of hydrogen-bond donors (Lipinski definition) is 1. The molecule has 6 atom stereocenters. The van der Waals surface area contributed by atoms with Gasteiger partial charge in [0.1, 0.15) is 11.4 Å². The van der Waals surface area contributed by atoms with Gasteiger partial charge in [-0.05, 0) is 55.4 Å². The normalized spacial score (nSPS) is 43.7. The molecule has 4 aliphatic carbocycles. The number of rotatable bonds is 3. The smallest absolute Gasteiger partial charge is 0.303 e. The summed E-state index contributed by atoms with van der Waals surface area (Å²) in [6.07, 6.45) is 5.66.